The minimum absolute atomic E-state index is 0.146. The lowest BCUT2D eigenvalue weighted by Crippen LogP contribution is -2.32. The number of aromatic amines is 1. The Labute approximate surface area is 146 Å². The SMILES string of the molecule is O=C(c1ccc2[nH]ccc2c1)N1CCS[C@@H](c2ccccc2)CC1. The van der Waals surface area contributed by atoms with Gasteiger partial charge in [0.05, 0.1) is 0 Å². The van der Waals surface area contributed by atoms with Crippen molar-refractivity contribution in [3.05, 3.63) is 71.9 Å². The number of fused-ring (bicyclic) bond motifs is 1. The van der Waals surface area contributed by atoms with E-state index in [4.69, 9.17) is 0 Å². The van der Waals surface area contributed by atoms with Gasteiger partial charge in [0, 0.05) is 46.8 Å². The molecule has 0 saturated carbocycles. The summed E-state index contributed by atoms with van der Waals surface area (Å²) < 4.78 is 0. The summed E-state index contributed by atoms with van der Waals surface area (Å²) in [6.07, 6.45) is 2.92. The molecule has 0 aliphatic carbocycles. The van der Waals surface area contributed by atoms with Crippen LogP contribution >= 0.6 is 11.8 Å². The van der Waals surface area contributed by atoms with Crippen LogP contribution in [0.1, 0.15) is 27.6 Å². The van der Waals surface area contributed by atoms with Crippen LogP contribution in [0, 0.1) is 0 Å². The first-order chi connectivity index (χ1) is 11.8. The fourth-order valence-corrected chi connectivity index (χ4v) is 4.51. The summed E-state index contributed by atoms with van der Waals surface area (Å²) in [6.45, 7) is 1.63. The van der Waals surface area contributed by atoms with Crippen molar-refractivity contribution in [2.45, 2.75) is 11.7 Å². The summed E-state index contributed by atoms with van der Waals surface area (Å²) in [4.78, 5) is 18.0. The average Bonchev–Trinajstić information content (AvgIpc) is 2.96. The van der Waals surface area contributed by atoms with Gasteiger partial charge in [0.2, 0.25) is 0 Å². The van der Waals surface area contributed by atoms with Gasteiger partial charge in [-0.05, 0) is 36.2 Å². The van der Waals surface area contributed by atoms with Crippen molar-refractivity contribution in [2.75, 3.05) is 18.8 Å². The second-order valence-electron chi connectivity index (χ2n) is 6.13. The van der Waals surface area contributed by atoms with Crippen molar-refractivity contribution >= 4 is 28.6 Å². The molecule has 0 unspecified atom stereocenters. The number of carbonyl (C=O) groups is 1. The second-order valence-corrected chi connectivity index (χ2v) is 7.44. The Hall–Kier alpha value is -2.20. The van der Waals surface area contributed by atoms with E-state index in [9.17, 15) is 4.79 Å². The zero-order valence-corrected chi connectivity index (χ0v) is 14.3. The quantitative estimate of drug-likeness (QED) is 0.748. The highest BCUT2D eigenvalue weighted by Gasteiger charge is 2.22. The fourth-order valence-electron chi connectivity index (χ4n) is 3.28. The minimum Gasteiger partial charge on any atom is -0.361 e. The maximum atomic E-state index is 12.9. The molecule has 3 nitrogen and oxygen atoms in total. The van der Waals surface area contributed by atoms with Crippen LogP contribution in [-0.4, -0.2) is 34.6 Å². The minimum atomic E-state index is 0.146. The standard InChI is InChI=1S/C20H20N2OS/c23-20(17-6-7-18-16(14-17)8-10-21-18)22-11-9-19(24-13-12-22)15-4-2-1-3-5-15/h1-8,10,14,19,21H,9,11-13H2/t19-/m1/s1. The Morgan fingerprint density at radius 1 is 1.08 bits per heavy atom. The Morgan fingerprint density at radius 3 is 2.83 bits per heavy atom. The monoisotopic (exact) mass is 336 g/mol. The fraction of sp³-hybridized carbons (Fsp3) is 0.250. The number of nitrogens with one attached hydrogen (secondary N) is 1. The van der Waals surface area contributed by atoms with Gasteiger partial charge in [-0.25, -0.2) is 0 Å². The van der Waals surface area contributed by atoms with E-state index in [-0.39, 0.29) is 5.91 Å². The third-order valence-corrected chi connectivity index (χ3v) is 5.93. The Balaban J connectivity index is 1.49. The van der Waals surface area contributed by atoms with Crippen molar-refractivity contribution in [1.29, 1.82) is 0 Å². The van der Waals surface area contributed by atoms with Gasteiger partial charge >= 0.3 is 0 Å². The third-order valence-electron chi connectivity index (χ3n) is 4.60. The van der Waals surface area contributed by atoms with Gasteiger partial charge in [-0.2, -0.15) is 11.8 Å². The molecule has 122 valence electrons. The van der Waals surface area contributed by atoms with Crippen LogP contribution in [0.4, 0.5) is 0 Å². The first-order valence-electron chi connectivity index (χ1n) is 8.34. The number of rotatable bonds is 2. The predicted molar refractivity (Wildman–Crippen MR) is 100 cm³/mol. The van der Waals surface area contributed by atoms with Crippen LogP contribution in [-0.2, 0) is 0 Å². The van der Waals surface area contributed by atoms with Crippen molar-refractivity contribution in [1.82, 2.24) is 9.88 Å². The number of carbonyl (C=O) groups excluding carboxylic acids is 1. The van der Waals surface area contributed by atoms with Gasteiger partial charge in [-0.1, -0.05) is 30.3 Å². The van der Waals surface area contributed by atoms with Gasteiger partial charge < -0.3 is 9.88 Å². The van der Waals surface area contributed by atoms with Gasteiger partial charge in [-0.15, -0.1) is 0 Å². The largest absolute Gasteiger partial charge is 0.361 e. The van der Waals surface area contributed by atoms with Gasteiger partial charge in [0.15, 0.2) is 0 Å². The number of amides is 1. The lowest BCUT2D eigenvalue weighted by atomic mass is 10.1. The van der Waals surface area contributed by atoms with E-state index >= 15 is 0 Å². The second kappa shape index (κ2) is 6.73. The van der Waals surface area contributed by atoms with Gasteiger partial charge in [0.1, 0.15) is 0 Å². The molecule has 1 aromatic heterocycles. The van der Waals surface area contributed by atoms with E-state index in [2.05, 4.69) is 35.3 Å². The van der Waals surface area contributed by atoms with E-state index in [1.165, 1.54) is 5.56 Å². The summed E-state index contributed by atoms with van der Waals surface area (Å²) in [5, 5.41) is 1.57. The Kier molecular flexibility index (Phi) is 4.30. The molecule has 0 spiro atoms. The lowest BCUT2D eigenvalue weighted by Gasteiger charge is -2.20. The summed E-state index contributed by atoms with van der Waals surface area (Å²) in [6, 6.07) is 18.5. The molecule has 1 amide bonds. The van der Waals surface area contributed by atoms with Crippen molar-refractivity contribution < 1.29 is 4.79 Å². The highest BCUT2D eigenvalue weighted by atomic mass is 32.2. The number of thioether (sulfide) groups is 1. The van der Waals surface area contributed by atoms with E-state index < -0.39 is 0 Å². The topological polar surface area (TPSA) is 36.1 Å². The highest BCUT2D eigenvalue weighted by Crippen LogP contribution is 2.34. The molecule has 4 heteroatoms. The highest BCUT2D eigenvalue weighted by molar-refractivity contribution is 7.99. The maximum Gasteiger partial charge on any atom is 0.253 e. The van der Waals surface area contributed by atoms with E-state index in [1.807, 2.05) is 47.1 Å². The van der Waals surface area contributed by atoms with Gasteiger partial charge in [-0.3, -0.25) is 4.79 Å². The summed E-state index contributed by atoms with van der Waals surface area (Å²) >= 11 is 1.96. The molecule has 3 aromatic rings. The molecule has 24 heavy (non-hydrogen) atoms. The first-order valence-corrected chi connectivity index (χ1v) is 9.39. The molecular weight excluding hydrogens is 316 g/mol. The van der Waals surface area contributed by atoms with E-state index in [0.717, 1.165) is 41.7 Å². The van der Waals surface area contributed by atoms with Crippen molar-refractivity contribution in [3.63, 3.8) is 0 Å². The van der Waals surface area contributed by atoms with Crippen LogP contribution in [0.3, 0.4) is 0 Å². The molecule has 0 radical (unpaired) electrons. The zero-order chi connectivity index (χ0) is 16.4. The van der Waals surface area contributed by atoms with E-state index in [1.54, 1.807) is 0 Å². The molecule has 1 atom stereocenters. The molecule has 1 aliphatic rings. The predicted octanol–water partition coefficient (Wildman–Crippen LogP) is 4.49. The molecule has 1 N–H and O–H groups in total. The molecule has 1 saturated heterocycles. The van der Waals surface area contributed by atoms with Crippen LogP contribution in [0.25, 0.3) is 10.9 Å². The van der Waals surface area contributed by atoms with Crippen LogP contribution < -0.4 is 0 Å². The van der Waals surface area contributed by atoms with Crippen LogP contribution in [0.5, 0.6) is 0 Å². The molecule has 2 heterocycles. The molecule has 2 aromatic carbocycles. The third kappa shape index (κ3) is 3.06. The number of hydrogen-bond donors (Lipinski definition) is 1. The molecular formula is C20H20N2OS. The van der Waals surface area contributed by atoms with Crippen molar-refractivity contribution in [3.8, 4) is 0 Å². The van der Waals surface area contributed by atoms with Gasteiger partial charge in [0.25, 0.3) is 5.91 Å². The van der Waals surface area contributed by atoms with E-state index in [0.29, 0.717) is 5.25 Å². The number of H-pyrrole nitrogens is 1. The maximum absolute atomic E-state index is 12.9. The van der Waals surface area contributed by atoms with Crippen LogP contribution in [0.15, 0.2) is 60.8 Å². The lowest BCUT2D eigenvalue weighted by molar-refractivity contribution is 0.0767. The Bertz CT molecular complexity index is 843. The molecule has 4 rings (SSSR count). The van der Waals surface area contributed by atoms with Crippen LogP contribution in [0.2, 0.25) is 0 Å². The number of hydrogen-bond acceptors (Lipinski definition) is 2. The summed E-state index contributed by atoms with van der Waals surface area (Å²) in [5.41, 5.74) is 3.22. The average molecular weight is 336 g/mol. The number of benzene rings is 2. The Morgan fingerprint density at radius 2 is 1.96 bits per heavy atom. The molecule has 1 aliphatic heterocycles. The van der Waals surface area contributed by atoms with Crippen molar-refractivity contribution in [2.24, 2.45) is 0 Å². The molecule has 0 bridgehead atoms. The summed E-state index contributed by atoms with van der Waals surface area (Å²) in [5.74, 6) is 1.13. The summed E-state index contributed by atoms with van der Waals surface area (Å²) in [7, 11) is 0. The number of aromatic nitrogens is 1. The number of nitrogens with zero attached hydrogens (tertiary/aromatic N) is 1. The zero-order valence-electron chi connectivity index (χ0n) is 13.4. The molecule has 1 fully saturated rings. The first kappa shape index (κ1) is 15.3. The normalized spacial score (nSPS) is 18.5. The smallest absolute Gasteiger partial charge is 0.253 e.